The Kier molecular flexibility index (Phi) is 5.90. The monoisotopic (exact) mass is 279 g/mol. The van der Waals surface area contributed by atoms with Gasteiger partial charge in [-0.1, -0.05) is 47.5 Å². The molecule has 0 amide bonds. The molecule has 18 heavy (non-hydrogen) atoms. The maximum atomic E-state index is 5.56. The second kappa shape index (κ2) is 7.20. The van der Waals surface area contributed by atoms with E-state index in [1.54, 1.807) is 18.2 Å². The molecule has 0 fully saturated rings. The first kappa shape index (κ1) is 14.7. The topological polar surface area (TPSA) is 12.4 Å². The molecule has 2 aromatic carbocycles. The van der Waals surface area contributed by atoms with Crippen molar-refractivity contribution in [2.45, 2.75) is 13.8 Å². The van der Waals surface area contributed by atoms with Gasteiger partial charge < -0.3 is 0 Å². The molecule has 94 valence electrons. The third-order valence-corrected chi connectivity index (χ3v) is 2.85. The molecule has 0 saturated carbocycles. The Morgan fingerprint density at radius 2 is 1.33 bits per heavy atom. The van der Waals surface area contributed by atoms with Crippen molar-refractivity contribution in [2.24, 2.45) is 4.99 Å². The zero-order valence-corrected chi connectivity index (χ0v) is 12.0. The molecule has 0 radical (unpaired) electrons. The summed E-state index contributed by atoms with van der Waals surface area (Å²) < 4.78 is 0. The van der Waals surface area contributed by atoms with E-state index in [1.165, 1.54) is 11.1 Å². The third-order valence-electron chi connectivity index (χ3n) is 2.38. The highest BCUT2D eigenvalue weighted by atomic mass is 35.5. The molecule has 1 nitrogen and oxygen atoms in total. The molecule has 0 heterocycles. The van der Waals surface area contributed by atoms with Gasteiger partial charge in [-0.3, -0.25) is 4.99 Å². The normalized spacial score (nSPS) is 9.33. The number of para-hydroxylation sites is 1. The largest absolute Gasteiger partial charge is 0.264 e. The molecule has 3 heteroatoms. The summed E-state index contributed by atoms with van der Waals surface area (Å²) >= 11 is 11.1. The Bertz CT molecular complexity index is 498. The van der Waals surface area contributed by atoms with E-state index in [0.29, 0.717) is 10.0 Å². The van der Waals surface area contributed by atoms with E-state index in [1.807, 2.05) is 38.1 Å². The highest BCUT2D eigenvalue weighted by molar-refractivity contribution is 6.34. The quantitative estimate of drug-likeness (QED) is 0.600. The van der Waals surface area contributed by atoms with Gasteiger partial charge in [-0.2, -0.15) is 0 Å². The standard InChI is InChI=1S/C9H11N.C6H4Cl2/c1-7-5-4-6-8(2)9(7)10-3;7-5-2-1-3-6(8)4-5/h4-6H,3H2,1-2H3;1-4H. The van der Waals surface area contributed by atoms with Gasteiger partial charge in [-0.15, -0.1) is 0 Å². The van der Waals surface area contributed by atoms with E-state index in [0.717, 1.165) is 5.69 Å². The predicted molar refractivity (Wildman–Crippen MR) is 81.6 cm³/mol. The summed E-state index contributed by atoms with van der Waals surface area (Å²) in [5.41, 5.74) is 3.40. The van der Waals surface area contributed by atoms with Crippen molar-refractivity contribution in [1.82, 2.24) is 0 Å². The minimum Gasteiger partial charge on any atom is -0.264 e. The molecule has 2 rings (SSSR count). The fraction of sp³-hybridized carbons (Fsp3) is 0.133. The zero-order chi connectivity index (χ0) is 13.5. The van der Waals surface area contributed by atoms with Gasteiger partial charge in [-0.25, -0.2) is 0 Å². The van der Waals surface area contributed by atoms with Gasteiger partial charge in [-0.05, 0) is 49.9 Å². The lowest BCUT2D eigenvalue weighted by Crippen LogP contribution is -1.77. The van der Waals surface area contributed by atoms with Crippen LogP contribution in [-0.2, 0) is 0 Å². The van der Waals surface area contributed by atoms with Crippen molar-refractivity contribution in [3.63, 3.8) is 0 Å². The Labute approximate surface area is 118 Å². The van der Waals surface area contributed by atoms with E-state index < -0.39 is 0 Å². The van der Waals surface area contributed by atoms with Crippen LogP contribution in [0.3, 0.4) is 0 Å². The van der Waals surface area contributed by atoms with Crippen molar-refractivity contribution in [2.75, 3.05) is 0 Å². The van der Waals surface area contributed by atoms with Crippen molar-refractivity contribution in [1.29, 1.82) is 0 Å². The maximum Gasteiger partial charge on any atom is 0.0680 e. The molecule has 0 bridgehead atoms. The minimum atomic E-state index is 0.678. The number of nitrogens with zero attached hydrogens (tertiary/aromatic N) is 1. The second-order valence-corrected chi connectivity index (χ2v) is 4.71. The van der Waals surface area contributed by atoms with Gasteiger partial charge in [0.25, 0.3) is 0 Å². The summed E-state index contributed by atoms with van der Waals surface area (Å²) in [5.74, 6) is 0. The molecule has 2 aromatic rings. The molecule has 0 aromatic heterocycles. The van der Waals surface area contributed by atoms with Crippen molar-refractivity contribution < 1.29 is 0 Å². The lowest BCUT2D eigenvalue weighted by molar-refractivity contribution is 1.34. The van der Waals surface area contributed by atoms with E-state index >= 15 is 0 Å². The van der Waals surface area contributed by atoms with Crippen molar-refractivity contribution in [3.05, 3.63) is 63.6 Å². The molecule has 0 atom stereocenters. The van der Waals surface area contributed by atoms with E-state index in [9.17, 15) is 0 Å². The van der Waals surface area contributed by atoms with Crippen LogP contribution in [-0.4, -0.2) is 6.72 Å². The Balaban J connectivity index is 0.000000184. The van der Waals surface area contributed by atoms with Gasteiger partial charge in [0.2, 0.25) is 0 Å². The highest BCUT2D eigenvalue weighted by Gasteiger charge is 1.95. The van der Waals surface area contributed by atoms with Crippen LogP contribution < -0.4 is 0 Å². The van der Waals surface area contributed by atoms with Crippen LogP contribution in [0.4, 0.5) is 5.69 Å². The molecule has 0 N–H and O–H groups in total. The number of hydrogen-bond acceptors (Lipinski definition) is 1. The fourth-order valence-electron chi connectivity index (χ4n) is 1.51. The summed E-state index contributed by atoms with van der Waals surface area (Å²) in [6.07, 6.45) is 0. The van der Waals surface area contributed by atoms with Gasteiger partial charge in [0.05, 0.1) is 5.69 Å². The van der Waals surface area contributed by atoms with Crippen molar-refractivity contribution in [3.8, 4) is 0 Å². The Hall–Kier alpha value is -1.31. The number of rotatable bonds is 1. The number of aliphatic imine (C=N–C) groups is 1. The first-order valence-corrected chi connectivity index (χ1v) is 6.24. The minimum absolute atomic E-state index is 0.678. The number of hydrogen-bond donors (Lipinski definition) is 0. The molecule has 0 aliphatic heterocycles. The lowest BCUT2D eigenvalue weighted by Gasteiger charge is -2.01. The van der Waals surface area contributed by atoms with Gasteiger partial charge >= 0.3 is 0 Å². The summed E-state index contributed by atoms with van der Waals surface area (Å²) in [4.78, 5) is 3.92. The van der Waals surface area contributed by atoms with Crippen LogP contribution in [0.25, 0.3) is 0 Å². The first-order valence-electron chi connectivity index (χ1n) is 5.48. The summed E-state index contributed by atoms with van der Waals surface area (Å²) in [6.45, 7) is 7.58. The average Bonchev–Trinajstić information content (AvgIpc) is 2.29. The number of aryl methyl sites for hydroxylation is 2. The van der Waals surface area contributed by atoms with Crippen LogP contribution in [0, 0.1) is 13.8 Å². The smallest absolute Gasteiger partial charge is 0.0680 e. The van der Waals surface area contributed by atoms with E-state index in [4.69, 9.17) is 23.2 Å². The molecular weight excluding hydrogens is 265 g/mol. The molecule has 0 saturated heterocycles. The second-order valence-electron chi connectivity index (χ2n) is 3.84. The van der Waals surface area contributed by atoms with Gasteiger partial charge in [0.15, 0.2) is 0 Å². The molecule has 0 aliphatic carbocycles. The van der Waals surface area contributed by atoms with Crippen LogP contribution in [0.2, 0.25) is 10.0 Å². The molecular formula is C15H15Cl2N. The van der Waals surface area contributed by atoms with E-state index in [2.05, 4.69) is 11.7 Å². The van der Waals surface area contributed by atoms with Crippen LogP contribution in [0.1, 0.15) is 11.1 Å². The Morgan fingerprint density at radius 3 is 1.61 bits per heavy atom. The summed E-state index contributed by atoms with van der Waals surface area (Å²) in [7, 11) is 0. The first-order chi connectivity index (χ1) is 8.54. The predicted octanol–water partition coefficient (Wildman–Crippen LogP) is 5.63. The molecule has 0 unspecified atom stereocenters. The summed E-state index contributed by atoms with van der Waals surface area (Å²) in [6, 6.07) is 13.2. The van der Waals surface area contributed by atoms with E-state index in [-0.39, 0.29) is 0 Å². The third kappa shape index (κ3) is 4.52. The number of benzene rings is 2. The fourth-order valence-corrected chi connectivity index (χ4v) is 1.95. The molecule has 0 aliphatic rings. The SMILES string of the molecule is C=Nc1c(C)cccc1C.Clc1cccc(Cl)c1. The number of halogens is 2. The van der Waals surface area contributed by atoms with Crippen LogP contribution >= 0.6 is 23.2 Å². The zero-order valence-electron chi connectivity index (χ0n) is 10.5. The van der Waals surface area contributed by atoms with Crippen LogP contribution in [0.15, 0.2) is 47.5 Å². The lowest BCUT2D eigenvalue weighted by atomic mass is 10.1. The maximum absolute atomic E-state index is 5.56. The van der Waals surface area contributed by atoms with Crippen molar-refractivity contribution >= 4 is 35.6 Å². The van der Waals surface area contributed by atoms with Gasteiger partial charge in [0, 0.05) is 10.0 Å². The highest BCUT2D eigenvalue weighted by Crippen LogP contribution is 2.21. The summed E-state index contributed by atoms with van der Waals surface area (Å²) in [5, 5.41) is 1.36. The average molecular weight is 280 g/mol. The van der Waals surface area contributed by atoms with Crippen LogP contribution in [0.5, 0.6) is 0 Å². The Morgan fingerprint density at radius 1 is 0.889 bits per heavy atom. The molecule has 0 spiro atoms. The van der Waals surface area contributed by atoms with Gasteiger partial charge in [0.1, 0.15) is 0 Å².